The van der Waals surface area contributed by atoms with Gasteiger partial charge < -0.3 is 11.1 Å². The van der Waals surface area contributed by atoms with Gasteiger partial charge in [-0.15, -0.1) is 0 Å². The van der Waals surface area contributed by atoms with Gasteiger partial charge in [-0.2, -0.15) is 9.61 Å². The lowest BCUT2D eigenvalue weighted by Crippen LogP contribution is -2.28. The maximum atomic E-state index is 5.85. The third-order valence-corrected chi connectivity index (χ3v) is 3.47. The summed E-state index contributed by atoms with van der Waals surface area (Å²) in [5.41, 5.74) is 7.97. The van der Waals surface area contributed by atoms with Crippen molar-refractivity contribution < 1.29 is 0 Å². The van der Waals surface area contributed by atoms with E-state index in [4.69, 9.17) is 5.73 Å². The third kappa shape index (κ3) is 1.98. The summed E-state index contributed by atoms with van der Waals surface area (Å²) in [6.07, 6.45) is 7.18. The summed E-state index contributed by atoms with van der Waals surface area (Å²) in [7, 11) is 0. The van der Waals surface area contributed by atoms with Crippen LogP contribution in [0.3, 0.4) is 0 Å². The topological polar surface area (TPSA) is 68.2 Å². The van der Waals surface area contributed by atoms with Gasteiger partial charge >= 0.3 is 0 Å². The molecule has 90 valence electrons. The van der Waals surface area contributed by atoms with Crippen LogP contribution in [0.25, 0.3) is 5.65 Å². The van der Waals surface area contributed by atoms with Gasteiger partial charge in [0.1, 0.15) is 5.82 Å². The maximum Gasteiger partial charge on any atom is 0.160 e. The molecule has 0 atom stereocenters. The molecule has 0 bridgehead atoms. The molecule has 2 aromatic heterocycles. The van der Waals surface area contributed by atoms with Crippen LogP contribution in [0.4, 0.5) is 5.82 Å². The lowest BCUT2D eigenvalue weighted by atomic mass is 9.92. The molecule has 0 aliphatic carbocycles. The molecule has 0 spiro atoms. The molecule has 3 rings (SSSR count). The highest BCUT2D eigenvalue weighted by Crippen LogP contribution is 2.20. The van der Waals surface area contributed by atoms with E-state index in [0.29, 0.717) is 5.82 Å². The second-order valence-electron chi connectivity index (χ2n) is 4.67. The quantitative estimate of drug-likeness (QED) is 0.804. The number of hydrogen-bond donors (Lipinski definition) is 2. The molecule has 1 aliphatic heterocycles. The zero-order chi connectivity index (χ0) is 11.7. The van der Waals surface area contributed by atoms with E-state index in [1.54, 1.807) is 16.8 Å². The minimum atomic E-state index is 0.645. The molecule has 0 saturated carbocycles. The van der Waals surface area contributed by atoms with E-state index >= 15 is 0 Å². The van der Waals surface area contributed by atoms with Crippen LogP contribution < -0.4 is 11.1 Å². The van der Waals surface area contributed by atoms with Crippen molar-refractivity contribution in [1.29, 1.82) is 0 Å². The fourth-order valence-corrected chi connectivity index (χ4v) is 2.50. The zero-order valence-corrected chi connectivity index (χ0v) is 9.76. The summed E-state index contributed by atoms with van der Waals surface area (Å²) < 4.78 is 1.72. The number of anilines is 1. The summed E-state index contributed by atoms with van der Waals surface area (Å²) in [6, 6.07) is 1.77. The van der Waals surface area contributed by atoms with Crippen molar-refractivity contribution in [3.05, 3.63) is 24.0 Å². The van der Waals surface area contributed by atoms with Crippen LogP contribution in [-0.2, 0) is 6.42 Å². The van der Waals surface area contributed by atoms with E-state index in [0.717, 1.165) is 31.1 Å². The smallest absolute Gasteiger partial charge is 0.160 e. The molecule has 0 unspecified atom stereocenters. The van der Waals surface area contributed by atoms with Crippen molar-refractivity contribution in [3.63, 3.8) is 0 Å². The second-order valence-corrected chi connectivity index (χ2v) is 4.67. The third-order valence-electron chi connectivity index (χ3n) is 3.47. The van der Waals surface area contributed by atoms with Crippen LogP contribution in [0.5, 0.6) is 0 Å². The lowest BCUT2D eigenvalue weighted by molar-refractivity contribution is 0.373. The minimum absolute atomic E-state index is 0.645. The van der Waals surface area contributed by atoms with Gasteiger partial charge in [0.15, 0.2) is 5.65 Å². The number of aromatic nitrogens is 3. The normalized spacial score (nSPS) is 17.6. The second kappa shape index (κ2) is 4.33. The highest BCUT2D eigenvalue weighted by molar-refractivity contribution is 5.51. The van der Waals surface area contributed by atoms with Crippen molar-refractivity contribution in [2.45, 2.75) is 19.3 Å². The van der Waals surface area contributed by atoms with E-state index in [1.807, 2.05) is 6.20 Å². The van der Waals surface area contributed by atoms with Crippen LogP contribution in [0.2, 0.25) is 0 Å². The molecule has 1 aliphatic rings. The number of nitrogens with one attached hydrogen (secondary N) is 1. The first kappa shape index (κ1) is 10.5. The number of piperidine rings is 1. The van der Waals surface area contributed by atoms with Crippen LogP contribution in [-0.4, -0.2) is 27.7 Å². The van der Waals surface area contributed by atoms with E-state index in [9.17, 15) is 0 Å². The standard InChI is InChI=1S/C12H17N5/c13-11-3-6-15-12-10(8-16-17(11)12)7-9-1-4-14-5-2-9/h3,6,8-9,14H,1-2,4-5,7,13H2. The van der Waals surface area contributed by atoms with Crippen molar-refractivity contribution >= 4 is 11.5 Å². The molecule has 0 aromatic carbocycles. The Morgan fingerprint density at radius 1 is 1.41 bits per heavy atom. The molecule has 2 aromatic rings. The molecule has 17 heavy (non-hydrogen) atoms. The van der Waals surface area contributed by atoms with Crippen LogP contribution in [0.15, 0.2) is 18.5 Å². The highest BCUT2D eigenvalue weighted by atomic mass is 15.3. The van der Waals surface area contributed by atoms with Gasteiger partial charge in [0, 0.05) is 11.8 Å². The van der Waals surface area contributed by atoms with E-state index in [1.165, 1.54) is 18.4 Å². The Hall–Kier alpha value is -1.62. The zero-order valence-electron chi connectivity index (χ0n) is 9.76. The summed E-state index contributed by atoms with van der Waals surface area (Å²) in [5, 5.41) is 7.68. The highest BCUT2D eigenvalue weighted by Gasteiger charge is 2.16. The fourth-order valence-electron chi connectivity index (χ4n) is 2.50. The Morgan fingerprint density at radius 3 is 3.06 bits per heavy atom. The monoisotopic (exact) mass is 231 g/mol. The first-order valence-electron chi connectivity index (χ1n) is 6.12. The van der Waals surface area contributed by atoms with Crippen LogP contribution in [0, 0.1) is 5.92 Å². The van der Waals surface area contributed by atoms with Gasteiger partial charge in [-0.05, 0) is 44.3 Å². The van der Waals surface area contributed by atoms with Crippen LogP contribution >= 0.6 is 0 Å². The average Bonchev–Trinajstić information content (AvgIpc) is 2.76. The largest absolute Gasteiger partial charge is 0.384 e. The SMILES string of the molecule is Nc1ccnc2c(CC3CCNCC3)cnn12. The van der Waals surface area contributed by atoms with E-state index in [2.05, 4.69) is 15.4 Å². The predicted molar refractivity (Wildman–Crippen MR) is 66.7 cm³/mol. The van der Waals surface area contributed by atoms with Crippen LogP contribution in [0.1, 0.15) is 18.4 Å². The van der Waals surface area contributed by atoms with Crippen molar-refractivity contribution in [2.75, 3.05) is 18.8 Å². The lowest BCUT2D eigenvalue weighted by Gasteiger charge is -2.21. The molecule has 5 nitrogen and oxygen atoms in total. The Kier molecular flexibility index (Phi) is 2.68. The summed E-state index contributed by atoms with van der Waals surface area (Å²) in [4.78, 5) is 4.37. The molecular weight excluding hydrogens is 214 g/mol. The molecule has 1 fully saturated rings. The van der Waals surface area contributed by atoms with E-state index in [-0.39, 0.29) is 0 Å². The molecule has 1 saturated heterocycles. The Bertz CT molecular complexity index is 513. The molecule has 3 N–H and O–H groups in total. The van der Waals surface area contributed by atoms with Gasteiger partial charge in [-0.3, -0.25) is 0 Å². The van der Waals surface area contributed by atoms with Gasteiger partial charge in [0.2, 0.25) is 0 Å². The minimum Gasteiger partial charge on any atom is -0.384 e. The van der Waals surface area contributed by atoms with Gasteiger partial charge in [-0.25, -0.2) is 4.98 Å². The summed E-state index contributed by atoms with van der Waals surface area (Å²) >= 11 is 0. The number of nitrogens with zero attached hydrogens (tertiary/aromatic N) is 3. The first-order valence-corrected chi connectivity index (χ1v) is 6.12. The summed E-state index contributed by atoms with van der Waals surface area (Å²) in [5.74, 6) is 1.39. The maximum absolute atomic E-state index is 5.85. The summed E-state index contributed by atoms with van der Waals surface area (Å²) in [6.45, 7) is 2.25. The molecular formula is C12H17N5. The molecule has 0 amide bonds. The van der Waals surface area contributed by atoms with E-state index < -0.39 is 0 Å². The fraction of sp³-hybridized carbons (Fsp3) is 0.500. The number of nitrogen functional groups attached to an aromatic ring is 1. The number of rotatable bonds is 2. The average molecular weight is 231 g/mol. The Labute approximate surface area is 100 Å². The number of hydrogen-bond acceptors (Lipinski definition) is 4. The van der Waals surface area contributed by atoms with Gasteiger partial charge in [-0.1, -0.05) is 0 Å². The molecule has 0 radical (unpaired) electrons. The Morgan fingerprint density at radius 2 is 2.24 bits per heavy atom. The Balaban J connectivity index is 1.87. The first-order chi connectivity index (χ1) is 8.34. The number of fused-ring (bicyclic) bond motifs is 1. The number of nitrogens with two attached hydrogens (primary N) is 1. The predicted octanol–water partition coefficient (Wildman–Crippen LogP) is 0.854. The van der Waals surface area contributed by atoms with Gasteiger partial charge in [0.05, 0.1) is 6.20 Å². The van der Waals surface area contributed by atoms with Gasteiger partial charge in [0.25, 0.3) is 0 Å². The molecule has 3 heterocycles. The van der Waals surface area contributed by atoms with Crippen molar-refractivity contribution in [2.24, 2.45) is 5.92 Å². The van der Waals surface area contributed by atoms with Crippen molar-refractivity contribution in [1.82, 2.24) is 19.9 Å². The molecule has 5 heteroatoms. The van der Waals surface area contributed by atoms with Crippen molar-refractivity contribution in [3.8, 4) is 0 Å².